The maximum Gasteiger partial charge on any atom is 0.375 e. The minimum atomic E-state index is -1.06. The summed E-state index contributed by atoms with van der Waals surface area (Å²) >= 11 is 11.3. The van der Waals surface area contributed by atoms with Crippen LogP contribution in [0.4, 0.5) is 5.69 Å². The molecule has 88 valence electrons. The van der Waals surface area contributed by atoms with Gasteiger partial charge in [-0.15, -0.1) is 0 Å². The number of nitrogens with zero attached hydrogens (tertiary/aromatic N) is 2. The summed E-state index contributed by atoms with van der Waals surface area (Å²) in [5, 5.41) is 20.1. The zero-order valence-electron chi connectivity index (χ0n) is 7.90. The molecule has 2 rings (SSSR count). The topological polar surface area (TPSA) is 109 Å². The number of nitrogens with one attached hydrogen (secondary N) is 1. The molecule has 0 bridgehead atoms. The van der Waals surface area contributed by atoms with Crippen molar-refractivity contribution in [2.75, 3.05) is 0 Å². The van der Waals surface area contributed by atoms with Gasteiger partial charge in [-0.3, -0.25) is 14.9 Å². The molecule has 0 aliphatic rings. The van der Waals surface area contributed by atoms with E-state index < -0.39 is 21.9 Å². The first-order valence-electron chi connectivity index (χ1n) is 4.17. The molecular weight excluding hydrogens is 273 g/mol. The Labute approximate surface area is 103 Å². The van der Waals surface area contributed by atoms with Gasteiger partial charge in [0.1, 0.15) is 10.8 Å². The maximum atomic E-state index is 11.3. The van der Waals surface area contributed by atoms with Crippen LogP contribution in [0.5, 0.6) is 5.75 Å². The summed E-state index contributed by atoms with van der Waals surface area (Å²) in [6, 6.07) is 1.19. The molecule has 0 aliphatic carbocycles. The number of hydrogen-bond donors (Lipinski definition) is 2. The van der Waals surface area contributed by atoms with Gasteiger partial charge in [-0.1, -0.05) is 23.2 Å². The normalized spacial score (nSPS) is 10.7. The molecule has 0 aromatic carbocycles. The van der Waals surface area contributed by atoms with Gasteiger partial charge in [0.2, 0.25) is 5.75 Å². The van der Waals surface area contributed by atoms with Gasteiger partial charge in [0.05, 0.1) is 15.3 Å². The number of rotatable bonds is 1. The molecule has 0 saturated carbocycles. The Balaban J connectivity index is 2.97. The quantitative estimate of drug-likeness (QED) is 0.469. The summed E-state index contributed by atoms with van der Waals surface area (Å²) in [7, 11) is 0. The molecule has 0 fully saturated rings. The molecule has 2 aromatic heterocycles. The van der Waals surface area contributed by atoms with Crippen LogP contribution in [0.2, 0.25) is 10.2 Å². The fourth-order valence-electron chi connectivity index (χ4n) is 1.31. The van der Waals surface area contributed by atoms with E-state index >= 15 is 0 Å². The van der Waals surface area contributed by atoms with Gasteiger partial charge < -0.3 is 10.1 Å². The van der Waals surface area contributed by atoms with Crippen molar-refractivity contribution in [3.8, 4) is 5.75 Å². The molecule has 2 aromatic rings. The molecule has 0 aliphatic heterocycles. The van der Waals surface area contributed by atoms with Crippen LogP contribution >= 0.6 is 23.2 Å². The Morgan fingerprint density at radius 3 is 2.71 bits per heavy atom. The van der Waals surface area contributed by atoms with E-state index in [-0.39, 0.29) is 21.2 Å². The lowest BCUT2D eigenvalue weighted by molar-refractivity contribution is -0.387. The highest BCUT2D eigenvalue weighted by atomic mass is 35.5. The van der Waals surface area contributed by atoms with Gasteiger partial charge in [-0.25, -0.2) is 4.98 Å². The van der Waals surface area contributed by atoms with E-state index in [4.69, 9.17) is 23.2 Å². The van der Waals surface area contributed by atoms with Crippen molar-refractivity contribution in [3.63, 3.8) is 0 Å². The third-order valence-corrected chi connectivity index (χ3v) is 2.72. The highest BCUT2D eigenvalue weighted by Crippen LogP contribution is 2.32. The number of aromatic hydroxyl groups is 1. The van der Waals surface area contributed by atoms with Crippen molar-refractivity contribution in [1.29, 1.82) is 0 Å². The molecule has 2 heterocycles. The maximum absolute atomic E-state index is 11.3. The number of halogens is 2. The van der Waals surface area contributed by atoms with Gasteiger partial charge in [-0.05, 0) is 6.07 Å². The summed E-state index contributed by atoms with van der Waals surface area (Å²) in [5.74, 6) is -0.792. The highest BCUT2D eigenvalue weighted by molar-refractivity contribution is 6.41. The van der Waals surface area contributed by atoms with Gasteiger partial charge in [0.15, 0.2) is 0 Å². The lowest BCUT2D eigenvalue weighted by Crippen LogP contribution is -2.12. The van der Waals surface area contributed by atoms with E-state index in [1.807, 2.05) is 0 Å². The van der Waals surface area contributed by atoms with Crippen LogP contribution in [-0.4, -0.2) is 20.0 Å². The summed E-state index contributed by atoms with van der Waals surface area (Å²) in [4.78, 5) is 26.7. The predicted molar refractivity (Wildman–Crippen MR) is 60.7 cm³/mol. The molecule has 2 N–H and O–H groups in total. The van der Waals surface area contributed by atoms with Crippen LogP contribution in [0, 0.1) is 10.1 Å². The third-order valence-electron chi connectivity index (χ3n) is 2.04. The summed E-state index contributed by atoms with van der Waals surface area (Å²) in [5.41, 5.74) is -2.10. The summed E-state index contributed by atoms with van der Waals surface area (Å²) in [6.07, 6.45) is 0. The van der Waals surface area contributed by atoms with Crippen LogP contribution in [0.3, 0.4) is 0 Å². The second-order valence-corrected chi connectivity index (χ2v) is 3.83. The van der Waals surface area contributed by atoms with Crippen LogP contribution in [0.25, 0.3) is 11.0 Å². The molecular formula is C8H3Cl2N3O4. The van der Waals surface area contributed by atoms with Crippen LogP contribution in [0.15, 0.2) is 10.9 Å². The lowest BCUT2D eigenvalue weighted by Gasteiger charge is -2.02. The largest absolute Gasteiger partial charge is 0.501 e. The number of aromatic nitrogens is 2. The van der Waals surface area contributed by atoms with E-state index in [2.05, 4.69) is 9.97 Å². The van der Waals surface area contributed by atoms with Crippen molar-refractivity contribution in [2.45, 2.75) is 0 Å². The first-order chi connectivity index (χ1) is 7.91. The second-order valence-electron chi connectivity index (χ2n) is 3.07. The van der Waals surface area contributed by atoms with Gasteiger partial charge >= 0.3 is 11.2 Å². The smallest absolute Gasteiger partial charge is 0.375 e. The van der Waals surface area contributed by atoms with Crippen molar-refractivity contribution in [2.24, 2.45) is 0 Å². The summed E-state index contributed by atoms with van der Waals surface area (Å²) < 4.78 is 0. The Morgan fingerprint density at radius 1 is 1.47 bits per heavy atom. The van der Waals surface area contributed by atoms with Crippen molar-refractivity contribution >= 4 is 39.9 Å². The SMILES string of the molecule is O=c1[nH]c2nc(Cl)c(Cl)cc2c(O)c1[N+](=O)[O-]. The fourth-order valence-corrected chi connectivity index (χ4v) is 1.60. The number of H-pyrrole nitrogens is 1. The molecule has 0 atom stereocenters. The lowest BCUT2D eigenvalue weighted by atomic mass is 10.2. The number of pyridine rings is 2. The van der Waals surface area contributed by atoms with Gasteiger partial charge in [0, 0.05) is 0 Å². The van der Waals surface area contributed by atoms with Crippen LogP contribution < -0.4 is 5.56 Å². The minimum absolute atomic E-state index is 0.0100. The molecule has 0 amide bonds. The van der Waals surface area contributed by atoms with E-state index in [9.17, 15) is 20.0 Å². The molecule has 0 radical (unpaired) electrons. The standard InChI is InChI=1S/C8H3Cl2N3O4/c9-3-1-2-5(14)4(13(16)17)8(15)12-7(2)11-6(3)10/h1H,(H2,11,12,14,15). The minimum Gasteiger partial charge on any atom is -0.501 e. The molecule has 7 nitrogen and oxygen atoms in total. The van der Waals surface area contributed by atoms with Crippen molar-refractivity contribution in [1.82, 2.24) is 9.97 Å². The van der Waals surface area contributed by atoms with Gasteiger partial charge in [-0.2, -0.15) is 0 Å². The third kappa shape index (κ3) is 1.79. The zero-order chi connectivity index (χ0) is 12.7. The highest BCUT2D eigenvalue weighted by Gasteiger charge is 2.23. The van der Waals surface area contributed by atoms with Crippen molar-refractivity contribution in [3.05, 3.63) is 36.7 Å². The van der Waals surface area contributed by atoms with E-state index in [0.717, 1.165) is 0 Å². The zero-order valence-corrected chi connectivity index (χ0v) is 9.41. The summed E-state index contributed by atoms with van der Waals surface area (Å²) in [6.45, 7) is 0. The van der Waals surface area contributed by atoms with E-state index in [0.29, 0.717) is 0 Å². The van der Waals surface area contributed by atoms with Crippen LogP contribution in [0.1, 0.15) is 0 Å². The van der Waals surface area contributed by atoms with E-state index in [1.54, 1.807) is 0 Å². The Hall–Kier alpha value is -1.86. The number of nitro groups is 1. The Kier molecular flexibility index (Phi) is 2.64. The average Bonchev–Trinajstić information content (AvgIpc) is 2.21. The Bertz CT molecular complexity index is 697. The van der Waals surface area contributed by atoms with E-state index in [1.165, 1.54) is 6.07 Å². The van der Waals surface area contributed by atoms with Gasteiger partial charge in [0.25, 0.3) is 0 Å². The average molecular weight is 276 g/mol. The second kappa shape index (κ2) is 3.86. The molecule has 0 spiro atoms. The first-order valence-corrected chi connectivity index (χ1v) is 4.92. The molecule has 9 heteroatoms. The first kappa shape index (κ1) is 11.6. The molecule has 0 saturated heterocycles. The Morgan fingerprint density at radius 2 is 2.12 bits per heavy atom. The monoisotopic (exact) mass is 275 g/mol. The number of hydrogen-bond acceptors (Lipinski definition) is 5. The number of aromatic amines is 1. The molecule has 0 unspecified atom stereocenters. The number of fused-ring (bicyclic) bond motifs is 1. The fraction of sp³-hybridized carbons (Fsp3) is 0. The molecule has 17 heavy (non-hydrogen) atoms. The van der Waals surface area contributed by atoms with Crippen molar-refractivity contribution < 1.29 is 10.0 Å². The predicted octanol–water partition coefficient (Wildman–Crippen LogP) is 1.84. The van der Waals surface area contributed by atoms with Crippen LogP contribution in [-0.2, 0) is 0 Å².